The average Bonchev–Trinajstić information content (AvgIpc) is 2.93. The number of benzene rings is 1. The minimum Gasteiger partial charge on any atom is -0.358 e. The van der Waals surface area contributed by atoms with Crippen molar-refractivity contribution in [3.63, 3.8) is 0 Å². The number of halogens is 3. The van der Waals surface area contributed by atoms with E-state index in [-0.39, 0.29) is 16.6 Å². The molecule has 2 nitrogen and oxygen atoms in total. The maximum absolute atomic E-state index is 13.2. The third-order valence-corrected chi connectivity index (χ3v) is 3.83. The fourth-order valence-corrected chi connectivity index (χ4v) is 2.49. The number of hydrogen-bond donors (Lipinski definition) is 2. The second kappa shape index (κ2) is 4.00. The van der Waals surface area contributed by atoms with Gasteiger partial charge in [-0.3, -0.25) is 0 Å². The van der Waals surface area contributed by atoms with Crippen LogP contribution in [0.4, 0.5) is 13.2 Å². The van der Waals surface area contributed by atoms with Gasteiger partial charge < -0.3 is 10.7 Å². The number of nitrogens with one attached hydrogen (secondary N) is 1. The molecule has 1 aromatic heterocycles. The maximum atomic E-state index is 13.2. The highest BCUT2D eigenvalue weighted by Crippen LogP contribution is 2.41. The molecule has 19 heavy (non-hydrogen) atoms. The van der Waals surface area contributed by atoms with E-state index in [4.69, 9.17) is 5.73 Å². The van der Waals surface area contributed by atoms with Crippen molar-refractivity contribution in [3.8, 4) is 0 Å². The van der Waals surface area contributed by atoms with Crippen molar-refractivity contribution in [2.75, 3.05) is 0 Å². The Morgan fingerprint density at radius 1 is 1.21 bits per heavy atom. The molecule has 0 spiro atoms. The number of fused-ring (bicyclic) bond motifs is 1. The van der Waals surface area contributed by atoms with Crippen molar-refractivity contribution in [3.05, 3.63) is 35.5 Å². The van der Waals surface area contributed by atoms with E-state index in [1.54, 1.807) is 18.2 Å². The van der Waals surface area contributed by atoms with Crippen LogP contribution in [0.1, 0.15) is 30.5 Å². The Hall–Kier alpha value is -1.49. The third kappa shape index (κ3) is 2.34. The molecule has 0 unspecified atom stereocenters. The van der Waals surface area contributed by atoms with Gasteiger partial charge in [-0.25, -0.2) is 0 Å². The second-order valence-electron chi connectivity index (χ2n) is 5.38. The Kier molecular flexibility index (Phi) is 2.64. The molecule has 0 saturated heterocycles. The molecule has 1 aromatic carbocycles. The van der Waals surface area contributed by atoms with Gasteiger partial charge in [0.15, 0.2) is 0 Å². The number of rotatable bonds is 3. The van der Waals surface area contributed by atoms with Crippen LogP contribution in [0.3, 0.4) is 0 Å². The van der Waals surface area contributed by atoms with Gasteiger partial charge in [0.2, 0.25) is 0 Å². The maximum Gasteiger partial charge on any atom is 0.418 e. The highest BCUT2D eigenvalue weighted by Gasteiger charge is 2.40. The summed E-state index contributed by atoms with van der Waals surface area (Å²) in [4.78, 5) is 2.90. The molecule has 0 bridgehead atoms. The van der Waals surface area contributed by atoms with Crippen LogP contribution in [-0.2, 0) is 12.6 Å². The number of para-hydroxylation sites is 1. The van der Waals surface area contributed by atoms with Gasteiger partial charge in [0.25, 0.3) is 0 Å². The number of aromatic nitrogens is 1. The molecule has 3 rings (SSSR count). The molecule has 0 radical (unpaired) electrons. The number of H-pyrrole nitrogens is 1. The summed E-state index contributed by atoms with van der Waals surface area (Å²) in [6.07, 6.45) is -1.56. The molecule has 1 saturated carbocycles. The summed E-state index contributed by atoms with van der Waals surface area (Å²) in [5, 5.41) is 0.242. The summed E-state index contributed by atoms with van der Waals surface area (Å²) in [6.45, 7) is 0. The Morgan fingerprint density at radius 3 is 2.53 bits per heavy atom. The zero-order valence-electron chi connectivity index (χ0n) is 10.3. The fraction of sp³-hybridized carbons (Fsp3) is 0.429. The van der Waals surface area contributed by atoms with Crippen molar-refractivity contribution in [2.45, 2.75) is 37.4 Å². The lowest BCUT2D eigenvalue weighted by molar-refractivity contribution is -0.136. The zero-order chi connectivity index (χ0) is 13.7. The molecule has 0 atom stereocenters. The van der Waals surface area contributed by atoms with Gasteiger partial charge in [-0.2, -0.15) is 13.2 Å². The summed E-state index contributed by atoms with van der Waals surface area (Å²) in [5.74, 6) is 0. The zero-order valence-corrected chi connectivity index (χ0v) is 10.3. The largest absolute Gasteiger partial charge is 0.418 e. The molecular weight excluding hydrogens is 253 g/mol. The molecule has 3 N–H and O–H groups in total. The molecule has 0 aliphatic heterocycles. The van der Waals surface area contributed by atoms with Crippen molar-refractivity contribution >= 4 is 10.9 Å². The van der Waals surface area contributed by atoms with Gasteiger partial charge in [0.1, 0.15) is 0 Å². The summed E-state index contributed by atoms with van der Waals surface area (Å²) in [6, 6.07) is 6.53. The van der Waals surface area contributed by atoms with Crippen LogP contribution in [0.5, 0.6) is 0 Å². The Morgan fingerprint density at radius 2 is 1.89 bits per heavy atom. The first-order valence-electron chi connectivity index (χ1n) is 6.35. The van der Waals surface area contributed by atoms with Gasteiger partial charge in [0, 0.05) is 22.1 Å². The van der Waals surface area contributed by atoms with E-state index in [1.165, 1.54) is 6.07 Å². The quantitative estimate of drug-likeness (QED) is 0.877. The first kappa shape index (κ1) is 12.5. The molecule has 5 heteroatoms. The lowest BCUT2D eigenvalue weighted by Crippen LogP contribution is -2.22. The first-order valence-corrected chi connectivity index (χ1v) is 6.35. The molecule has 102 valence electrons. The van der Waals surface area contributed by atoms with E-state index >= 15 is 0 Å². The Bertz CT molecular complexity index is 609. The summed E-state index contributed by atoms with van der Waals surface area (Å²) >= 11 is 0. The van der Waals surface area contributed by atoms with Crippen LogP contribution in [0.2, 0.25) is 0 Å². The minimum atomic E-state index is -4.33. The molecule has 1 fully saturated rings. The van der Waals surface area contributed by atoms with Crippen LogP contribution in [0.15, 0.2) is 24.3 Å². The fourth-order valence-electron chi connectivity index (χ4n) is 2.49. The van der Waals surface area contributed by atoms with Gasteiger partial charge >= 0.3 is 6.18 Å². The summed E-state index contributed by atoms with van der Waals surface area (Å²) in [5.41, 5.74) is 5.97. The monoisotopic (exact) mass is 268 g/mol. The SMILES string of the molecule is NC1(CCc2[nH]c3ccccc3c2C(F)(F)F)CC1. The van der Waals surface area contributed by atoms with Crippen LogP contribution in [0.25, 0.3) is 10.9 Å². The van der Waals surface area contributed by atoms with Crippen LogP contribution in [0, 0.1) is 0 Å². The number of hydrogen-bond acceptors (Lipinski definition) is 1. The van der Waals surface area contributed by atoms with E-state index in [0.717, 1.165) is 12.8 Å². The van der Waals surface area contributed by atoms with E-state index in [2.05, 4.69) is 4.98 Å². The first-order chi connectivity index (χ1) is 8.89. The number of nitrogens with two attached hydrogens (primary N) is 1. The van der Waals surface area contributed by atoms with Gasteiger partial charge in [-0.1, -0.05) is 18.2 Å². The third-order valence-electron chi connectivity index (χ3n) is 3.83. The Labute approximate surface area is 108 Å². The van der Waals surface area contributed by atoms with Crippen molar-refractivity contribution in [2.24, 2.45) is 5.73 Å². The smallest absolute Gasteiger partial charge is 0.358 e. The Balaban J connectivity index is 2.01. The number of aryl methyl sites for hydroxylation is 1. The summed E-state index contributed by atoms with van der Waals surface area (Å²) in [7, 11) is 0. The molecule has 2 aromatic rings. The van der Waals surface area contributed by atoms with Crippen LogP contribution >= 0.6 is 0 Å². The second-order valence-corrected chi connectivity index (χ2v) is 5.38. The molecule has 0 amide bonds. The molecule has 1 aliphatic rings. The van der Waals surface area contributed by atoms with E-state index in [9.17, 15) is 13.2 Å². The predicted octanol–water partition coefficient (Wildman–Crippen LogP) is 3.61. The highest BCUT2D eigenvalue weighted by atomic mass is 19.4. The number of aromatic amines is 1. The van der Waals surface area contributed by atoms with Crippen molar-refractivity contribution in [1.82, 2.24) is 4.98 Å². The molecule has 1 heterocycles. The van der Waals surface area contributed by atoms with E-state index < -0.39 is 11.7 Å². The number of alkyl halides is 3. The van der Waals surface area contributed by atoms with Gasteiger partial charge in [-0.15, -0.1) is 0 Å². The van der Waals surface area contributed by atoms with Crippen molar-refractivity contribution < 1.29 is 13.2 Å². The minimum absolute atomic E-state index is 0.236. The average molecular weight is 268 g/mol. The van der Waals surface area contributed by atoms with Crippen LogP contribution in [-0.4, -0.2) is 10.5 Å². The standard InChI is InChI=1S/C14H15F3N2/c15-14(16,17)12-9-3-1-2-4-10(9)19-11(12)5-6-13(18)7-8-13/h1-4,19H,5-8,18H2. The summed E-state index contributed by atoms with van der Waals surface area (Å²) < 4.78 is 39.6. The van der Waals surface area contributed by atoms with Crippen LogP contribution < -0.4 is 5.73 Å². The topological polar surface area (TPSA) is 41.8 Å². The predicted molar refractivity (Wildman–Crippen MR) is 67.8 cm³/mol. The lowest BCUT2D eigenvalue weighted by Gasteiger charge is -2.11. The van der Waals surface area contributed by atoms with Gasteiger partial charge in [-0.05, 0) is 31.7 Å². The van der Waals surface area contributed by atoms with Crippen molar-refractivity contribution in [1.29, 1.82) is 0 Å². The van der Waals surface area contributed by atoms with E-state index in [1.807, 2.05) is 0 Å². The highest BCUT2D eigenvalue weighted by molar-refractivity contribution is 5.85. The normalized spacial score (nSPS) is 17.9. The van der Waals surface area contributed by atoms with E-state index in [0.29, 0.717) is 18.4 Å². The molecular formula is C14H15F3N2. The van der Waals surface area contributed by atoms with Gasteiger partial charge in [0.05, 0.1) is 5.56 Å². The lowest BCUT2D eigenvalue weighted by atomic mass is 10.0. The molecule has 1 aliphatic carbocycles.